The molecule has 0 fully saturated rings. The highest BCUT2D eigenvalue weighted by atomic mass is 127. The molecule has 2 rings (SSSR count). The Morgan fingerprint density at radius 1 is 1.47 bits per heavy atom. The van der Waals surface area contributed by atoms with Crippen LogP contribution in [0.15, 0.2) is 30.6 Å². The van der Waals surface area contributed by atoms with Gasteiger partial charge in [0.25, 0.3) is 0 Å². The van der Waals surface area contributed by atoms with Crippen LogP contribution in [0.1, 0.15) is 29.7 Å². The second-order valence-electron chi connectivity index (χ2n) is 4.61. The Balaban J connectivity index is 2.22. The van der Waals surface area contributed by atoms with Gasteiger partial charge in [-0.05, 0) is 59.5 Å². The van der Waals surface area contributed by atoms with Gasteiger partial charge in [0.15, 0.2) is 0 Å². The molecule has 2 aromatic rings. The molecule has 5 heteroatoms. The summed E-state index contributed by atoms with van der Waals surface area (Å²) in [6, 6.07) is 6.44. The average Bonchev–Trinajstić information content (AvgIpc) is 2.87. The van der Waals surface area contributed by atoms with Crippen molar-refractivity contribution in [2.45, 2.75) is 32.9 Å². The number of halogens is 1. The third kappa shape index (κ3) is 3.34. The van der Waals surface area contributed by atoms with E-state index in [1.54, 1.807) is 0 Å². The van der Waals surface area contributed by atoms with E-state index in [0.29, 0.717) is 0 Å². The first-order valence-electron chi connectivity index (χ1n) is 6.38. The summed E-state index contributed by atoms with van der Waals surface area (Å²) in [4.78, 5) is 0. The number of rotatable bonds is 5. The largest absolute Gasteiger partial charge is 0.273 e. The molecule has 0 aliphatic carbocycles. The predicted molar refractivity (Wildman–Crippen MR) is 85.6 cm³/mol. The Labute approximate surface area is 127 Å². The number of nitrogens with zero attached hydrogens (tertiary/aromatic N) is 2. The zero-order valence-corrected chi connectivity index (χ0v) is 13.4. The maximum atomic E-state index is 5.73. The van der Waals surface area contributed by atoms with E-state index in [9.17, 15) is 0 Å². The van der Waals surface area contributed by atoms with Crippen molar-refractivity contribution >= 4 is 22.6 Å². The molecule has 1 atom stereocenters. The van der Waals surface area contributed by atoms with Gasteiger partial charge < -0.3 is 0 Å². The van der Waals surface area contributed by atoms with Crippen LogP contribution in [0, 0.1) is 10.5 Å². The number of hydrazine groups is 1. The number of nitrogens with two attached hydrogens (primary N) is 1. The van der Waals surface area contributed by atoms with Gasteiger partial charge in [0.05, 0.1) is 12.2 Å². The van der Waals surface area contributed by atoms with Crippen molar-refractivity contribution < 1.29 is 0 Å². The predicted octanol–water partition coefficient (Wildman–Crippen LogP) is 2.56. The lowest BCUT2D eigenvalue weighted by Crippen LogP contribution is -2.30. The van der Waals surface area contributed by atoms with Crippen LogP contribution in [0.5, 0.6) is 0 Å². The monoisotopic (exact) mass is 370 g/mol. The molecular weight excluding hydrogens is 351 g/mol. The summed E-state index contributed by atoms with van der Waals surface area (Å²) in [5, 5.41) is 4.30. The number of benzene rings is 1. The Hall–Kier alpha value is -0.920. The first kappa shape index (κ1) is 14.5. The molecule has 0 bridgehead atoms. The molecule has 4 nitrogen and oxygen atoms in total. The standard InChI is InChI=1S/C14H19IN4/c1-3-19-9-11(8-17-19)7-13(18-16)12-6-4-5-10(2)14(12)15/h4-6,8-9,13,18H,3,7,16H2,1-2H3. The van der Waals surface area contributed by atoms with E-state index in [-0.39, 0.29) is 6.04 Å². The highest BCUT2D eigenvalue weighted by Gasteiger charge is 2.15. The molecule has 0 radical (unpaired) electrons. The highest BCUT2D eigenvalue weighted by Crippen LogP contribution is 2.25. The lowest BCUT2D eigenvalue weighted by Gasteiger charge is -2.18. The number of hydrogen-bond acceptors (Lipinski definition) is 3. The Morgan fingerprint density at radius 3 is 2.89 bits per heavy atom. The lowest BCUT2D eigenvalue weighted by molar-refractivity contribution is 0.548. The number of hydrogen-bond donors (Lipinski definition) is 2. The van der Waals surface area contributed by atoms with Crippen molar-refractivity contribution in [3.63, 3.8) is 0 Å². The van der Waals surface area contributed by atoms with Crippen LogP contribution >= 0.6 is 22.6 Å². The second-order valence-corrected chi connectivity index (χ2v) is 5.68. The second kappa shape index (κ2) is 6.49. The summed E-state index contributed by atoms with van der Waals surface area (Å²) >= 11 is 2.38. The topological polar surface area (TPSA) is 55.9 Å². The molecule has 1 unspecified atom stereocenters. The summed E-state index contributed by atoms with van der Waals surface area (Å²) in [5.74, 6) is 5.73. The average molecular weight is 370 g/mol. The van der Waals surface area contributed by atoms with Gasteiger partial charge in [-0.3, -0.25) is 16.0 Å². The van der Waals surface area contributed by atoms with E-state index in [2.05, 4.69) is 71.4 Å². The first-order valence-corrected chi connectivity index (χ1v) is 7.46. The summed E-state index contributed by atoms with van der Waals surface area (Å²) < 4.78 is 3.20. The fourth-order valence-corrected chi connectivity index (χ4v) is 2.85. The van der Waals surface area contributed by atoms with Gasteiger partial charge in [0, 0.05) is 16.3 Å². The lowest BCUT2D eigenvalue weighted by atomic mass is 10.00. The Morgan fingerprint density at radius 2 is 2.26 bits per heavy atom. The summed E-state index contributed by atoms with van der Waals surface area (Å²) in [6.07, 6.45) is 4.83. The zero-order valence-electron chi connectivity index (χ0n) is 11.2. The van der Waals surface area contributed by atoms with Crippen molar-refractivity contribution in [2.75, 3.05) is 0 Å². The third-order valence-electron chi connectivity index (χ3n) is 3.25. The van der Waals surface area contributed by atoms with Crippen LogP contribution in [0.25, 0.3) is 0 Å². The molecule has 0 aliphatic rings. The summed E-state index contributed by atoms with van der Waals surface area (Å²) in [7, 11) is 0. The molecule has 1 aromatic carbocycles. The van der Waals surface area contributed by atoms with E-state index >= 15 is 0 Å². The zero-order chi connectivity index (χ0) is 13.8. The number of aromatic nitrogens is 2. The molecule has 102 valence electrons. The van der Waals surface area contributed by atoms with Gasteiger partial charge in [-0.25, -0.2) is 0 Å². The van der Waals surface area contributed by atoms with E-state index in [1.165, 1.54) is 20.3 Å². The maximum absolute atomic E-state index is 5.73. The van der Waals surface area contributed by atoms with E-state index in [1.807, 2.05) is 10.9 Å². The van der Waals surface area contributed by atoms with Gasteiger partial charge >= 0.3 is 0 Å². The van der Waals surface area contributed by atoms with Crippen LogP contribution in [-0.4, -0.2) is 9.78 Å². The Kier molecular flexibility index (Phi) is 4.95. The van der Waals surface area contributed by atoms with Gasteiger partial charge in [0.1, 0.15) is 0 Å². The minimum atomic E-state index is 0.112. The molecule has 3 N–H and O–H groups in total. The fraction of sp³-hybridized carbons (Fsp3) is 0.357. The molecule has 0 aliphatic heterocycles. The van der Waals surface area contributed by atoms with Gasteiger partial charge in [-0.2, -0.15) is 5.10 Å². The third-order valence-corrected chi connectivity index (χ3v) is 4.72. The van der Waals surface area contributed by atoms with Crippen molar-refractivity contribution in [1.82, 2.24) is 15.2 Å². The van der Waals surface area contributed by atoms with Gasteiger partial charge in [0.2, 0.25) is 0 Å². The van der Waals surface area contributed by atoms with Crippen LogP contribution < -0.4 is 11.3 Å². The SMILES string of the molecule is CCn1cc(CC(NN)c2cccc(C)c2I)cn1. The van der Waals surface area contributed by atoms with Crippen molar-refractivity contribution in [3.05, 3.63) is 50.9 Å². The van der Waals surface area contributed by atoms with Crippen LogP contribution in [0.3, 0.4) is 0 Å². The quantitative estimate of drug-likeness (QED) is 0.483. The van der Waals surface area contributed by atoms with Crippen molar-refractivity contribution in [1.29, 1.82) is 0 Å². The molecule has 1 aromatic heterocycles. The van der Waals surface area contributed by atoms with E-state index in [0.717, 1.165) is 13.0 Å². The minimum absolute atomic E-state index is 0.112. The van der Waals surface area contributed by atoms with Crippen molar-refractivity contribution in [3.8, 4) is 0 Å². The Bertz CT molecular complexity index is 550. The highest BCUT2D eigenvalue weighted by molar-refractivity contribution is 14.1. The molecular formula is C14H19IN4. The molecule has 0 saturated carbocycles. The van der Waals surface area contributed by atoms with Gasteiger partial charge in [-0.15, -0.1) is 0 Å². The van der Waals surface area contributed by atoms with Gasteiger partial charge in [-0.1, -0.05) is 18.2 Å². The normalized spacial score (nSPS) is 12.6. The fourth-order valence-electron chi connectivity index (χ4n) is 2.12. The van der Waals surface area contributed by atoms with Crippen LogP contribution in [-0.2, 0) is 13.0 Å². The summed E-state index contributed by atoms with van der Waals surface area (Å²) in [6.45, 7) is 5.09. The minimum Gasteiger partial charge on any atom is -0.273 e. The maximum Gasteiger partial charge on any atom is 0.0522 e. The molecule has 19 heavy (non-hydrogen) atoms. The number of nitrogens with one attached hydrogen (secondary N) is 1. The van der Waals surface area contributed by atoms with E-state index < -0.39 is 0 Å². The summed E-state index contributed by atoms with van der Waals surface area (Å²) in [5.41, 5.74) is 6.64. The van der Waals surface area contributed by atoms with Crippen LogP contribution in [0.2, 0.25) is 0 Å². The number of aryl methyl sites for hydroxylation is 2. The molecule has 0 spiro atoms. The van der Waals surface area contributed by atoms with Crippen LogP contribution in [0.4, 0.5) is 0 Å². The molecule has 1 heterocycles. The van der Waals surface area contributed by atoms with Crippen molar-refractivity contribution in [2.24, 2.45) is 5.84 Å². The molecule has 0 amide bonds. The first-order chi connectivity index (χ1) is 9.15. The smallest absolute Gasteiger partial charge is 0.0522 e. The van der Waals surface area contributed by atoms with E-state index in [4.69, 9.17) is 5.84 Å². The molecule has 0 saturated heterocycles.